The number of carbonyl (C=O) groups excluding carboxylic acids is 1. The smallest absolute Gasteiger partial charge is 0.150 e. The summed E-state index contributed by atoms with van der Waals surface area (Å²) in [6.07, 6.45) is 4.65. The van der Waals surface area contributed by atoms with Crippen LogP contribution in [0.5, 0.6) is 0 Å². The Hall–Kier alpha value is -3.20. The Balaban J connectivity index is 1.99. The molecule has 0 fully saturated rings. The number of rotatable bonds is 3. The number of imidazole rings is 1. The van der Waals surface area contributed by atoms with Crippen LogP contribution in [-0.4, -0.2) is 15.8 Å². The minimum absolute atomic E-state index is 0.700. The summed E-state index contributed by atoms with van der Waals surface area (Å²) >= 11 is 0. The van der Waals surface area contributed by atoms with Crippen molar-refractivity contribution in [3.8, 4) is 17.1 Å². The van der Waals surface area contributed by atoms with Gasteiger partial charge in [0.25, 0.3) is 0 Å². The molecule has 0 aliphatic heterocycles. The first-order valence-electron chi connectivity index (χ1n) is 7.44. The molecule has 110 valence electrons. The van der Waals surface area contributed by atoms with Crippen LogP contribution in [0.15, 0.2) is 79.1 Å². The molecular formula is C20H14N2O. The van der Waals surface area contributed by atoms with Crippen molar-refractivity contribution in [2.75, 3.05) is 0 Å². The van der Waals surface area contributed by atoms with Gasteiger partial charge in [0.15, 0.2) is 6.29 Å². The molecule has 4 aromatic rings. The van der Waals surface area contributed by atoms with Crippen LogP contribution in [-0.2, 0) is 0 Å². The van der Waals surface area contributed by atoms with Crippen LogP contribution in [0.3, 0.4) is 0 Å². The molecule has 0 bridgehead atoms. The van der Waals surface area contributed by atoms with Gasteiger partial charge >= 0.3 is 0 Å². The van der Waals surface area contributed by atoms with Gasteiger partial charge in [-0.25, -0.2) is 4.98 Å². The van der Waals surface area contributed by atoms with Crippen molar-refractivity contribution in [2.24, 2.45) is 0 Å². The van der Waals surface area contributed by atoms with Crippen molar-refractivity contribution in [3.05, 3.63) is 84.7 Å². The zero-order valence-corrected chi connectivity index (χ0v) is 12.4. The van der Waals surface area contributed by atoms with Crippen molar-refractivity contribution in [3.63, 3.8) is 0 Å². The van der Waals surface area contributed by atoms with Crippen LogP contribution in [0.1, 0.15) is 10.4 Å². The van der Waals surface area contributed by atoms with Crippen LogP contribution < -0.4 is 0 Å². The first kappa shape index (κ1) is 13.5. The minimum atomic E-state index is 0.700. The van der Waals surface area contributed by atoms with Gasteiger partial charge < -0.3 is 0 Å². The maximum Gasteiger partial charge on any atom is 0.150 e. The van der Waals surface area contributed by atoms with Crippen LogP contribution in [0, 0.1) is 0 Å². The zero-order valence-electron chi connectivity index (χ0n) is 12.4. The van der Waals surface area contributed by atoms with Gasteiger partial charge in [0, 0.05) is 28.9 Å². The summed E-state index contributed by atoms with van der Waals surface area (Å²) in [5, 5.41) is 1.99. The van der Waals surface area contributed by atoms with E-state index < -0.39 is 0 Å². The molecule has 0 amide bonds. The second kappa shape index (κ2) is 5.54. The predicted octanol–water partition coefficient (Wildman–Crippen LogP) is 4.51. The second-order valence-electron chi connectivity index (χ2n) is 5.32. The number of aromatic nitrogens is 2. The quantitative estimate of drug-likeness (QED) is 0.522. The molecule has 0 N–H and O–H groups in total. The number of nitrogens with zero attached hydrogens (tertiary/aromatic N) is 2. The number of hydrogen-bond acceptors (Lipinski definition) is 2. The normalized spacial score (nSPS) is 10.8. The Morgan fingerprint density at radius 3 is 2.35 bits per heavy atom. The van der Waals surface area contributed by atoms with Gasteiger partial charge in [-0.05, 0) is 17.5 Å². The third kappa shape index (κ3) is 2.23. The molecule has 0 atom stereocenters. The van der Waals surface area contributed by atoms with Crippen molar-refractivity contribution < 1.29 is 4.79 Å². The van der Waals surface area contributed by atoms with Gasteiger partial charge in [-0.2, -0.15) is 0 Å². The summed E-state index contributed by atoms with van der Waals surface area (Å²) in [6.45, 7) is 0. The first-order chi connectivity index (χ1) is 11.4. The largest absolute Gasteiger partial charge is 0.299 e. The summed E-state index contributed by atoms with van der Waals surface area (Å²) < 4.78 is 2.06. The van der Waals surface area contributed by atoms with Crippen molar-refractivity contribution in [2.45, 2.75) is 0 Å². The van der Waals surface area contributed by atoms with Gasteiger partial charge in [0.1, 0.15) is 5.82 Å². The van der Waals surface area contributed by atoms with E-state index >= 15 is 0 Å². The molecule has 0 unspecified atom stereocenters. The molecule has 1 heterocycles. The van der Waals surface area contributed by atoms with E-state index in [9.17, 15) is 4.79 Å². The predicted molar refractivity (Wildman–Crippen MR) is 91.9 cm³/mol. The van der Waals surface area contributed by atoms with Gasteiger partial charge in [0.05, 0.1) is 5.69 Å². The SMILES string of the molecule is O=Cc1ccc(-n2ccnc2-c2ccccc2)c2ccccc12. The lowest BCUT2D eigenvalue weighted by Crippen LogP contribution is -1.98. The van der Waals surface area contributed by atoms with Crippen LogP contribution in [0.2, 0.25) is 0 Å². The number of carbonyl (C=O) groups is 1. The fourth-order valence-corrected chi connectivity index (χ4v) is 2.92. The van der Waals surface area contributed by atoms with Crippen molar-refractivity contribution >= 4 is 17.1 Å². The molecule has 0 spiro atoms. The highest BCUT2D eigenvalue weighted by Gasteiger charge is 2.11. The summed E-state index contributed by atoms with van der Waals surface area (Å²) in [6, 6.07) is 21.9. The second-order valence-corrected chi connectivity index (χ2v) is 5.32. The molecule has 4 rings (SSSR count). The summed E-state index contributed by atoms with van der Waals surface area (Å²) in [4.78, 5) is 15.8. The molecule has 0 radical (unpaired) electrons. The van der Waals surface area contributed by atoms with E-state index in [2.05, 4.69) is 9.55 Å². The highest BCUT2D eigenvalue weighted by molar-refractivity contribution is 6.02. The molecule has 0 aliphatic carbocycles. The third-order valence-corrected chi connectivity index (χ3v) is 3.99. The molecular weight excluding hydrogens is 284 g/mol. The number of benzene rings is 3. The van der Waals surface area contributed by atoms with E-state index in [0.29, 0.717) is 5.56 Å². The lowest BCUT2D eigenvalue weighted by atomic mass is 10.0. The first-order valence-corrected chi connectivity index (χ1v) is 7.44. The highest BCUT2D eigenvalue weighted by Crippen LogP contribution is 2.28. The average Bonchev–Trinajstić information content (AvgIpc) is 3.11. The Morgan fingerprint density at radius 1 is 0.826 bits per heavy atom. The maximum atomic E-state index is 11.3. The Kier molecular flexibility index (Phi) is 3.24. The molecule has 0 aliphatic rings. The molecule has 3 aromatic carbocycles. The fraction of sp³-hybridized carbons (Fsp3) is 0. The fourth-order valence-electron chi connectivity index (χ4n) is 2.92. The van der Waals surface area contributed by atoms with E-state index in [0.717, 1.165) is 34.1 Å². The van der Waals surface area contributed by atoms with Crippen LogP contribution in [0.4, 0.5) is 0 Å². The van der Waals surface area contributed by atoms with Gasteiger partial charge in [-0.15, -0.1) is 0 Å². The Morgan fingerprint density at radius 2 is 1.57 bits per heavy atom. The Labute approximate surface area is 133 Å². The summed E-state index contributed by atoms with van der Waals surface area (Å²) in [5.74, 6) is 0.884. The minimum Gasteiger partial charge on any atom is -0.299 e. The van der Waals surface area contributed by atoms with Crippen molar-refractivity contribution in [1.29, 1.82) is 0 Å². The van der Waals surface area contributed by atoms with E-state index in [1.54, 1.807) is 6.20 Å². The molecule has 23 heavy (non-hydrogen) atoms. The molecule has 3 heteroatoms. The van der Waals surface area contributed by atoms with Gasteiger partial charge in [-0.1, -0.05) is 54.6 Å². The molecule has 0 saturated heterocycles. The third-order valence-electron chi connectivity index (χ3n) is 3.99. The van der Waals surface area contributed by atoms with Gasteiger partial charge in [-0.3, -0.25) is 9.36 Å². The molecule has 1 aromatic heterocycles. The lowest BCUT2D eigenvalue weighted by Gasteiger charge is -2.12. The van der Waals surface area contributed by atoms with Crippen LogP contribution in [0.25, 0.3) is 27.8 Å². The number of aldehydes is 1. The molecule has 3 nitrogen and oxygen atoms in total. The Bertz CT molecular complexity index is 987. The van der Waals surface area contributed by atoms with E-state index in [1.807, 2.05) is 72.9 Å². The zero-order chi connectivity index (χ0) is 15.6. The lowest BCUT2D eigenvalue weighted by molar-refractivity contribution is 0.112. The topological polar surface area (TPSA) is 34.9 Å². The van der Waals surface area contributed by atoms with Crippen LogP contribution >= 0.6 is 0 Å². The average molecular weight is 298 g/mol. The maximum absolute atomic E-state index is 11.3. The standard InChI is InChI=1S/C20H14N2O/c23-14-16-10-11-19(18-9-5-4-8-17(16)18)22-13-12-21-20(22)15-6-2-1-3-7-15/h1-14H. The monoisotopic (exact) mass is 298 g/mol. The summed E-state index contributed by atoms with van der Waals surface area (Å²) in [5.41, 5.74) is 2.77. The van der Waals surface area contributed by atoms with Gasteiger partial charge in [0.2, 0.25) is 0 Å². The van der Waals surface area contributed by atoms with E-state index in [1.165, 1.54) is 0 Å². The van der Waals surface area contributed by atoms with E-state index in [4.69, 9.17) is 0 Å². The van der Waals surface area contributed by atoms with Crippen molar-refractivity contribution in [1.82, 2.24) is 9.55 Å². The summed E-state index contributed by atoms with van der Waals surface area (Å²) in [7, 11) is 0. The van der Waals surface area contributed by atoms with E-state index in [-0.39, 0.29) is 0 Å². The highest BCUT2D eigenvalue weighted by atomic mass is 16.1. The number of fused-ring (bicyclic) bond motifs is 1. The number of hydrogen-bond donors (Lipinski definition) is 0. The molecule has 0 saturated carbocycles.